The van der Waals surface area contributed by atoms with Crippen LogP contribution in [0, 0.1) is 0 Å². The molecule has 0 fully saturated rings. The second kappa shape index (κ2) is 5.59. The highest BCUT2D eigenvalue weighted by Gasteiger charge is 2.30. The topological polar surface area (TPSA) is 51.2 Å². The zero-order chi connectivity index (χ0) is 14.8. The molecular formula is C12H9F3N2O2S. The van der Waals surface area contributed by atoms with Crippen LogP contribution < -0.4 is 5.48 Å². The summed E-state index contributed by atoms with van der Waals surface area (Å²) in [5.41, 5.74) is 1.73. The molecule has 20 heavy (non-hydrogen) atoms. The Morgan fingerprint density at radius 3 is 2.80 bits per heavy atom. The summed E-state index contributed by atoms with van der Waals surface area (Å²) in [6, 6.07) is 4.78. The van der Waals surface area contributed by atoms with Crippen LogP contribution in [-0.4, -0.2) is 18.0 Å². The summed E-state index contributed by atoms with van der Waals surface area (Å²) in [7, 11) is 1.28. The summed E-state index contributed by atoms with van der Waals surface area (Å²) in [5, 5.41) is 1.78. The molecule has 1 aromatic carbocycles. The number of hydrogen-bond donors (Lipinski definition) is 1. The number of thiazole rings is 1. The molecule has 0 radical (unpaired) electrons. The summed E-state index contributed by atoms with van der Waals surface area (Å²) in [6.45, 7) is 0. The number of alkyl halides is 3. The van der Waals surface area contributed by atoms with Crippen LogP contribution in [0.25, 0.3) is 10.6 Å². The van der Waals surface area contributed by atoms with E-state index in [1.54, 1.807) is 0 Å². The van der Waals surface area contributed by atoms with Crippen molar-refractivity contribution >= 4 is 17.2 Å². The van der Waals surface area contributed by atoms with Crippen LogP contribution >= 0.6 is 11.3 Å². The number of aromatic nitrogens is 1. The van der Waals surface area contributed by atoms with Gasteiger partial charge in [0.15, 0.2) is 0 Å². The lowest BCUT2D eigenvalue weighted by atomic mass is 10.1. The van der Waals surface area contributed by atoms with E-state index in [0.29, 0.717) is 10.6 Å². The van der Waals surface area contributed by atoms with E-state index >= 15 is 0 Å². The van der Waals surface area contributed by atoms with E-state index < -0.39 is 17.6 Å². The van der Waals surface area contributed by atoms with E-state index in [1.807, 2.05) is 0 Å². The third kappa shape index (κ3) is 3.14. The van der Waals surface area contributed by atoms with Crippen molar-refractivity contribution < 1.29 is 22.8 Å². The van der Waals surface area contributed by atoms with Gasteiger partial charge < -0.3 is 0 Å². The molecule has 1 heterocycles. The van der Waals surface area contributed by atoms with Crippen molar-refractivity contribution in [1.29, 1.82) is 0 Å². The molecule has 0 spiro atoms. The quantitative estimate of drug-likeness (QED) is 0.886. The second-order valence-corrected chi connectivity index (χ2v) is 4.61. The summed E-state index contributed by atoms with van der Waals surface area (Å²) >= 11 is 1.08. The molecule has 8 heteroatoms. The molecule has 0 aliphatic rings. The van der Waals surface area contributed by atoms with Crippen molar-refractivity contribution in [3.05, 3.63) is 40.9 Å². The first kappa shape index (κ1) is 14.5. The zero-order valence-corrected chi connectivity index (χ0v) is 11.0. The number of nitrogens with one attached hydrogen (secondary N) is 1. The molecular weight excluding hydrogens is 293 g/mol. The van der Waals surface area contributed by atoms with Crippen molar-refractivity contribution in [2.24, 2.45) is 0 Å². The summed E-state index contributed by atoms with van der Waals surface area (Å²) < 4.78 is 37.9. The third-order valence-electron chi connectivity index (χ3n) is 2.37. The predicted octanol–water partition coefficient (Wildman–Crippen LogP) is 3.12. The van der Waals surface area contributed by atoms with Crippen molar-refractivity contribution in [3.8, 4) is 10.6 Å². The van der Waals surface area contributed by atoms with Gasteiger partial charge in [-0.25, -0.2) is 10.5 Å². The van der Waals surface area contributed by atoms with E-state index in [2.05, 4.69) is 15.3 Å². The van der Waals surface area contributed by atoms with Crippen molar-refractivity contribution in [3.63, 3.8) is 0 Å². The van der Waals surface area contributed by atoms with E-state index in [4.69, 9.17) is 0 Å². The Morgan fingerprint density at radius 1 is 1.40 bits per heavy atom. The molecule has 2 aromatic rings. The van der Waals surface area contributed by atoms with Crippen LogP contribution in [0.4, 0.5) is 13.2 Å². The highest BCUT2D eigenvalue weighted by Crippen LogP contribution is 2.32. The van der Waals surface area contributed by atoms with E-state index in [-0.39, 0.29) is 5.69 Å². The van der Waals surface area contributed by atoms with Crippen LogP contribution in [-0.2, 0) is 11.0 Å². The normalized spacial score (nSPS) is 11.4. The molecule has 1 N–H and O–H groups in total. The maximum absolute atomic E-state index is 12.6. The number of carbonyl (C=O) groups excluding carboxylic acids is 1. The Hall–Kier alpha value is -1.93. The standard InChI is InChI=1S/C12H9F3N2O2S/c1-19-17-10(18)9-6-20-11(16-9)7-3-2-4-8(5-7)12(13,14)15/h2-6H,1H3,(H,17,18). The van der Waals surface area contributed by atoms with Gasteiger partial charge in [0.05, 0.1) is 12.7 Å². The number of halogens is 3. The Bertz CT molecular complexity index is 625. The van der Waals surface area contributed by atoms with Crippen LogP contribution in [0.3, 0.4) is 0 Å². The average Bonchev–Trinajstić information content (AvgIpc) is 2.88. The Morgan fingerprint density at radius 2 is 2.15 bits per heavy atom. The number of carbonyl (C=O) groups is 1. The van der Waals surface area contributed by atoms with Crippen LogP contribution in [0.2, 0.25) is 0 Å². The molecule has 0 bridgehead atoms. The first-order chi connectivity index (χ1) is 9.41. The molecule has 4 nitrogen and oxygen atoms in total. The van der Waals surface area contributed by atoms with Gasteiger partial charge in [0.1, 0.15) is 10.7 Å². The SMILES string of the molecule is CONC(=O)c1csc(-c2cccc(C(F)(F)F)c2)n1. The van der Waals surface area contributed by atoms with Gasteiger partial charge in [0.2, 0.25) is 0 Å². The molecule has 0 saturated heterocycles. The lowest BCUT2D eigenvalue weighted by Crippen LogP contribution is -2.21. The van der Waals surface area contributed by atoms with Gasteiger partial charge in [-0.15, -0.1) is 11.3 Å². The number of hydrogen-bond acceptors (Lipinski definition) is 4. The number of rotatable bonds is 3. The summed E-state index contributed by atoms with van der Waals surface area (Å²) in [6.07, 6.45) is -4.41. The first-order valence-corrected chi connectivity index (χ1v) is 6.26. The second-order valence-electron chi connectivity index (χ2n) is 3.75. The van der Waals surface area contributed by atoms with Crippen molar-refractivity contribution in [1.82, 2.24) is 10.5 Å². The Labute approximate surface area is 116 Å². The molecule has 0 saturated carbocycles. The fraction of sp³-hybridized carbons (Fsp3) is 0.167. The van der Waals surface area contributed by atoms with Gasteiger partial charge in [-0.05, 0) is 12.1 Å². The van der Waals surface area contributed by atoms with Crippen LogP contribution in [0.5, 0.6) is 0 Å². The minimum absolute atomic E-state index is 0.0873. The maximum atomic E-state index is 12.6. The van der Waals surface area contributed by atoms with E-state index in [9.17, 15) is 18.0 Å². The van der Waals surface area contributed by atoms with Crippen LogP contribution in [0.1, 0.15) is 16.1 Å². The summed E-state index contributed by atoms with van der Waals surface area (Å²) in [4.78, 5) is 19.9. The van der Waals surface area contributed by atoms with Gasteiger partial charge in [-0.1, -0.05) is 12.1 Å². The number of benzene rings is 1. The smallest absolute Gasteiger partial charge is 0.277 e. The molecule has 1 amide bonds. The van der Waals surface area contributed by atoms with Gasteiger partial charge in [0.25, 0.3) is 5.91 Å². The third-order valence-corrected chi connectivity index (χ3v) is 3.26. The first-order valence-electron chi connectivity index (χ1n) is 5.38. The zero-order valence-electron chi connectivity index (χ0n) is 10.2. The van der Waals surface area contributed by atoms with Gasteiger partial charge in [0, 0.05) is 10.9 Å². The number of hydroxylamine groups is 1. The molecule has 1 aromatic heterocycles. The number of nitrogens with zero attached hydrogens (tertiary/aromatic N) is 1. The fourth-order valence-corrected chi connectivity index (χ4v) is 2.28. The maximum Gasteiger partial charge on any atom is 0.416 e. The Kier molecular flexibility index (Phi) is 4.05. The van der Waals surface area contributed by atoms with Gasteiger partial charge >= 0.3 is 6.18 Å². The highest BCUT2D eigenvalue weighted by molar-refractivity contribution is 7.13. The Balaban J connectivity index is 2.31. The number of amides is 1. The van der Waals surface area contributed by atoms with Crippen molar-refractivity contribution in [2.75, 3.05) is 7.11 Å². The molecule has 0 aliphatic carbocycles. The average molecular weight is 302 g/mol. The molecule has 0 aliphatic heterocycles. The highest BCUT2D eigenvalue weighted by atomic mass is 32.1. The minimum Gasteiger partial charge on any atom is -0.277 e. The lowest BCUT2D eigenvalue weighted by Gasteiger charge is -2.07. The molecule has 0 unspecified atom stereocenters. The van der Waals surface area contributed by atoms with E-state index in [1.165, 1.54) is 24.6 Å². The molecule has 2 rings (SSSR count). The lowest BCUT2D eigenvalue weighted by molar-refractivity contribution is -0.137. The van der Waals surface area contributed by atoms with Crippen molar-refractivity contribution in [2.45, 2.75) is 6.18 Å². The van der Waals surface area contributed by atoms with E-state index in [0.717, 1.165) is 23.5 Å². The fourth-order valence-electron chi connectivity index (χ4n) is 1.48. The predicted molar refractivity (Wildman–Crippen MR) is 67.0 cm³/mol. The summed E-state index contributed by atoms with van der Waals surface area (Å²) in [5.74, 6) is -0.554. The molecule has 0 atom stereocenters. The minimum atomic E-state index is -4.41. The van der Waals surface area contributed by atoms with Crippen LogP contribution in [0.15, 0.2) is 29.6 Å². The molecule has 106 valence electrons. The van der Waals surface area contributed by atoms with Gasteiger partial charge in [-0.2, -0.15) is 13.2 Å². The largest absolute Gasteiger partial charge is 0.416 e. The monoisotopic (exact) mass is 302 g/mol. The van der Waals surface area contributed by atoms with Gasteiger partial charge in [-0.3, -0.25) is 9.63 Å².